The highest BCUT2D eigenvalue weighted by molar-refractivity contribution is 7.87. The fourth-order valence-corrected chi connectivity index (χ4v) is 21.5. The van der Waals surface area contributed by atoms with Crippen LogP contribution in [0, 0.1) is 34.5 Å². The van der Waals surface area contributed by atoms with Gasteiger partial charge in [0.15, 0.2) is 0 Å². The van der Waals surface area contributed by atoms with Gasteiger partial charge in [0.1, 0.15) is 10.5 Å². The van der Waals surface area contributed by atoms with E-state index in [0.717, 1.165) is 51.4 Å². The highest BCUT2D eigenvalue weighted by atomic mass is 32.2. The molecule has 0 spiro atoms. The van der Waals surface area contributed by atoms with Gasteiger partial charge in [0.05, 0.1) is 117 Å². The Morgan fingerprint density at radius 2 is 0.367 bits per heavy atom. The van der Waals surface area contributed by atoms with E-state index in [-0.39, 0.29) is 49.4 Å². The Bertz CT molecular complexity index is 2280. The van der Waals surface area contributed by atoms with Gasteiger partial charge in [0, 0.05) is 22.8 Å². The van der Waals surface area contributed by atoms with E-state index in [4.69, 9.17) is 0 Å². The molecule has 18 nitrogen and oxygen atoms in total. The van der Waals surface area contributed by atoms with Crippen LogP contribution in [0.3, 0.4) is 0 Å². The number of carbonyl (C=O) groups excluding carboxylic acids is 4. The Balaban J connectivity index is -0.000000749. The van der Waals surface area contributed by atoms with Crippen molar-refractivity contribution in [2.24, 2.45) is 34.5 Å². The van der Waals surface area contributed by atoms with Crippen LogP contribution in [0.5, 0.6) is 0 Å². The molecule has 6 atom stereocenters. The van der Waals surface area contributed by atoms with Gasteiger partial charge in [-0.05, 0) is 178 Å². The van der Waals surface area contributed by atoms with Crippen molar-refractivity contribution in [3.05, 3.63) is 0 Å². The zero-order chi connectivity index (χ0) is 91.9. The quantitative estimate of drug-likeness (QED) is 0.0326. The fraction of sp³-hybridized carbons (Fsp3) is 0.960. The van der Waals surface area contributed by atoms with E-state index in [1.54, 1.807) is 0 Å². The fourth-order valence-electron chi connectivity index (χ4n) is 19.3. The lowest BCUT2D eigenvalue weighted by Gasteiger charge is -2.44. The first kappa shape index (κ1) is 124. The molecular weight excluding hydrogens is 1550 g/mol. The summed E-state index contributed by atoms with van der Waals surface area (Å²) in [6.45, 7) is 66.8. The third-order valence-electron chi connectivity index (χ3n) is 27.5. The Morgan fingerprint density at radius 1 is 0.233 bits per heavy atom. The van der Waals surface area contributed by atoms with Crippen LogP contribution in [0.1, 0.15) is 472 Å². The predicted octanol–water partition coefficient (Wildman–Crippen LogP) is 21.8. The Labute approximate surface area is 745 Å². The van der Waals surface area contributed by atoms with Crippen molar-refractivity contribution in [3.8, 4) is 0 Å². The molecule has 0 amide bonds. The summed E-state index contributed by atoms with van der Waals surface area (Å²) in [5, 5.41) is 42.9. The molecule has 120 heavy (non-hydrogen) atoms. The summed E-state index contributed by atoms with van der Waals surface area (Å²) in [7, 11) is -10.4. The topological polar surface area (TPSA) is 269 Å². The monoisotopic (exact) mass is 1750 g/mol. The maximum absolute atomic E-state index is 12.3. The molecule has 2 N–H and O–H groups in total. The Morgan fingerprint density at radius 3 is 0.467 bits per heavy atom. The SMILES string of the molecule is CCCCC(CC)CC(CC(CC)CCCC)(C(=O)[O-])C(C(=O)[O-])S(=O)(=O)O.CCCCC(CC)CC(CC(CC)CCCC)(C(=O)[O-])C(C(=O)[O-])S(=O)(=O)O.CCCC[N+](CCCC)(CCCC)CCCCCC[N+](CCCC)(CCCC)CCCC.CCCC[N+](CCCC)(CCCC)CCCCCC[N+](CCCC)(CCCC)CCCC. The van der Waals surface area contributed by atoms with Gasteiger partial charge in [-0.15, -0.1) is 0 Å². The number of carboxylic acids is 4. The summed E-state index contributed by atoms with van der Waals surface area (Å²) in [6, 6.07) is 0. The molecule has 0 aliphatic heterocycles. The number of unbranched alkanes of at least 4 members (excludes halogenated alkanes) is 22. The normalized spacial score (nSPS) is 14.8. The number of aliphatic carboxylic acids is 4. The number of hydrogen-bond donors (Lipinski definition) is 2. The molecule has 0 aromatic rings. The van der Waals surface area contributed by atoms with Gasteiger partial charge in [-0.1, -0.05) is 318 Å². The Hall–Kier alpha value is -2.46. The third-order valence-corrected chi connectivity index (χ3v) is 30.0. The van der Waals surface area contributed by atoms with Gasteiger partial charge in [0.2, 0.25) is 0 Å². The minimum absolute atomic E-state index is 0.174. The van der Waals surface area contributed by atoms with E-state index in [9.17, 15) is 65.5 Å². The van der Waals surface area contributed by atoms with Crippen LogP contribution in [0.2, 0.25) is 0 Å². The molecular formula is C100H204N4O14S2. The van der Waals surface area contributed by atoms with Crippen LogP contribution in [0.15, 0.2) is 0 Å². The van der Waals surface area contributed by atoms with E-state index >= 15 is 0 Å². The van der Waals surface area contributed by atoms with Crippen LogP contribution in [-0.2, 0) is 39.4 Å². The van der Waals surface area contributed by atoms with Crippen molar-refractivity contribution in [1.29, 1.82) is 0 Å². The molecule has 0 fully saturated rings. The van der Waals surface area contributed by atoms with Gasteiger partial charge < -0.3 is 57.5 Å². The smallest absolute Gasteiger partial charge is 0.274 e. The lowest BCUT2D eigenvalue weighted by molar-refractivity contribution is -0.929. The zero-order valence-corrected chi connectivity index (χ0v) is 84.6. The number of quaternary nitrogens is 4. The largest absolute Gasteiger partial charge is 0.549 e. The molecule has 0 aromatic carbocycles. The van der Waals surface area contributed by atoms with Crippen molar-refractivity contribution < 1.29 is 83.5 Å². The number of rotatable bonds is 82. The maximum Gasteiger partial charge on any atom is 0.274 e. The average Bonchev–Trinajstić information content (AvgIpc) is 0.766. The van der Waals surface area contributed by atoms with Gasteiger partial charge in [-0.2, -0.15) is 16.8 Å². The predicted molar refractivity (Wildman–Crippen MR) is 502 cm³/mol. The minimum atomic E-state index is -5.20. The van der Waals surface area contributed by atoms with E-state index in [2.05, 4.69) is 83.1 Å². The van der Waals surface area contributed by atoms with Crippen molar-refractivity contribution in [3.63, 3.8) is 0 Å². The van der Waals surface area contributed by atoms with Crippen LogP contribution in [-0.4, -0.2) is 183 Å². The van der Waals surface area contributed by atoms with Crippen molar-refractivity contribution in [1.82, 2.24) is 0 Å². The molecule has 0 radical (unpaired) electrons. The standard InChI is InChI=1S/2C30H66N2.2C20H38O7S/c2*1-7-13-23-31(24-14-8-2,25-15-9-3)29-21-19-20-22-30-32(26-16-10-4,27-17-11-5)28-18-12-6;2*1-5-9-11-15(7-3)13-20(19(23)24,14-16(8-4)12-10-6-2)17(18(21)22)28(25,26)27/h2*7-30H2,1-6H3;2*15-17H,5-14H2,1-4H3,(H,21,22)(H,23,24)(H,25,26,27)/q2*+2;;/p-4. The summed E-state index contributed by atoms with van der Waals surface area (Å²) in [5.74, 6) is -8.44. The third kappa shape index (κ3) is 54.0. The van der Waals surface area contributed by atoms with E-state index in [1.807, 2.05) is 55.4 Å². The Kier molecular flexibility index (Phi) is 77.9. The molecule has 0 bridgehead atoms. The molecule has 0 saturated heterocycles. The molecule has 0 rings (SSSR count). The summed E-state index contributed by atoms with van der Waals surface area (Å²) >= 11 is 0. The summed E-state index contributed by atoms with van der Waals surface area (Å²) in [5.41, 5.74) is -4.45. The first-order chi connectivity index (χ1) is 57.1. The van der Waals surface area contributed by atoms with Crippen molar-refractivity contribution in [2.45, 2.75) is 483 Å². The highest BCUT2D eigenvalue weighted by Crippen LogP contribution is 2.46. The second kappa shape index (κ2) is 75.5. The van der Waals surface area contributed by atoms with Crippen molar-refractivity contribution in [2.75, 3.05) is 105 Å². The van der Waals surface area contributed by atoms with Gasteiger partial charge in [0.25, 0.3) is 20.2 Å². The lowest BCUT2D eigenvalue weighted by Crippen LogP contribution is -2.60. The summed E-state index contributed by atoms with van der Waals surface area (Å²) in [6.07, 6.45) is 55.9. The number of carboxylic acid groups (broad SMARTS) is 4. The summed E-state index contributed by atoms with van der Waals surface area (Å²) < 4.78 is 72.7. The first-order valence-corrected chi connectivity index (χ1v) is 54.3. The molecule has 0 heterocycles. The molecule has 0 aliphatic carbocycles. The molecule has 720 valence electrons. The average molecular weight is 1750 g/mol. The van der Waals surface area contributed by atoms with E-state index < -0.39 is 65.4 Å². The van der Waals surface area contributed by atoms with Crippen molar-refractivity contribution >= 4 is 44.1 Å². The maximum atomic E-state index is 12.3. The van der Waals surface area contributed by atoms with Gasteiger partial charge >= 0.3 is 0 Å². The number of nitrogens with zero attached hydrogens (tertiary/aromatic N) is 4. The molecule has 0 saturated carbocycles. The highest BCUT2D eigenvalue weighted by Gasteiger charge is 2.52. The van der Waals surface area contributed by atoms with E-state index in [1.165, 1.54) is 328 Å². The van der Waals surface area contributed by atoms with Crippen LogP contribution >= 0.6 is 0 Å². The molecule has 20 heteroatoms. The van der Waals surface area contributed by atoms with Crippen LogP contribution in [0.25, 0.3) is 0 Å². The zero-order valence-electron chi connectivity index (χ0n) is 82.9. The van der Waals surface area contributed by atoms with Gasteiger partial charge in [-0.25, -0.2) is 0 Å². The van der Waals surface area contributed by atoms with Gasteiger partial charge in [-0.3, -0.25) is 9.11 Å². The minimum Gasteiger partial charge on any atom is -0.549 e. The number of carbonyl (C=O) groups is 4. The van der Waals surface area contributed by atoms with Crippen LogP contribution in [0.4, 0.5) is 0 Å². The lowest BCUT2D eigenvalue weighted by atomic mass is 9.68. The molecule has 0 aliphatic rings. The number of hydrogen-bond acceptors (Lipinski definition) is 12. The van der Waals surface area contributed by atoms with Crippen LogP contribution < -0.4 is 20.4 Å². The first-order valence-electron chi connectivity index (χ1n) is 51.3. The second-order valence-electron chi connectivity index (χ2n) is 37.8. The van der Waals surface area contributed by atoms with E-state index in [0.29, 0.717) is 51.4 Å². The second-order valence-corrected chi connectivity index (χ2v) is 40.8. The molecule has 0 aromatic heterocycles. The molecule has 6 unspecified atom stereocenters. The summed E-state index contributed by atoms with van der Waals surface area (Å²) in [4.78, 5) is 48.0.